The molecule has 0 amide bonds. The van der Waals surface area contributed by atoms with E-state index in [2.05, 4.69) is 16.8 Å². The summed E-state index contributed by atoms with van der Waals surface area (Å²) in [5, 5.41) is 0. The van der Waals surface area contributed by atoms with Crippen LogP contribution in [0.4, 0.5) is 4.79 Å². The van der Waals surface area contributed by atoms with Crippen LogP contribution in [-0.2, 0) is 14.9 Å². The van der Waals surface area contributed by atoms with Gasteiger partial charge in [-0.2, -0.15) is 0 Å². The van der Waals surface area contributed by atoms with E-state index in [-0.39, 0.29) is 11.9 Å². The zero-order valence-corrected chi connectivity index (χ0v) is 21.1. The van der Waals surface area contributed by atoms with Gasteiger partial charge in [-0.15, -0.1) is 0 Å². The zero-order chi connectivity index (χ0) is 25.1. The fourth-order valence-corrected chi connectivity index (χ4v) is 4.72. The maximum atomic E-state index is 12.6. The van der Waals surface area contributed by atoms with E-state index < -0.39 is 17.1 Å². The largest absolute Gasteiger partial charge is 0.493 e. The molecule has 0 spiro atoms. The minimum atomic E-state index is -0.629. The van der Waals surface area contributed by atoms with Crippen molar-refractivity contribution in [3.05, 3.63) is 42.0 Å². The van der Waals surface area contributed by atoms with Gasteiger partial charge in [-0.1, -0.05) is 12.0 Å². The fourth-order valence-electron chi connectivity index (χ4n) is 4.72. The summed E-state index contributed by atoms with van der Waals surface area (Å²) in [4.78, 5) is 29.0. The molecule has 186 valence electrons. The fraction of sp³-hybridized carbons (Fsp3) is 0.536. The standard InChI is InChI=1S/C28H34N2O5/c1-27(2,3)35-26(32)30-18-17-29-25(30)13-16-28(14-11-21(31)12-15-28)20-9-10-23(33-4)24(19-20)34-22-7-5-6-8-22/h9-10,17-19,22H,5-8,11-12,14-15H2,1-4H3. The number of rotatable bonds is 4. The van der Waals surface area contributed by atoms with Crippen LogP contribution >= 0.6 is 0 Å². The van der Waals surface area contributed by atoms with Crippen LogP contribution in [0.15, 0.2) is 30.6 Å². The number of carbonyl (C=O) groups is 2. The second-order valence-electron chi connectivity index (χ2n) is 10.4. The van der Waals surface area contributed by atoms with Gasteiger partial charge >= 0.3 is 6.09 Å². The van der Waals surface area contributed by atoms with Crippen molar-refractivity contribution in [1.29, 1.82) is 0 Å². The first-order chi connectivity index (χ1) is 16.7. The first-order valence-electron chi connectivity index (χ1n) is 12.4. The molecular weight excluding hydrogens is 444 g/mol. The molecule has 0 unspecified atom stereocenters. The Morgan fingerprint density at radius 3 is 2.51 bits per heavy atom. The van der Waals surface area contributed by atoms with Crippen LogP contribution in [0.3, 0.4) is 0 Å². The number of methoxy groups -OCH3 is 1. The van der Waals surface area contributed by atoms with Crippen molar-refractivity contribution in [2.45, 2.75) is 89.3 Å². The van der Waals surface area contributed by atoms with Crippen LogP contribution < -0.4 is 9.47 Å². The van der Waals surface area contributed by atoms with Crippen LogP contribution in [0.5, 0.6) is 11.5 Å². The number of benzene rings is 1. The maximum Gasteiger partial charge on any atom is 0.420 e. The number of nitrogens with zero attached hydrogens (tertiary/aromatic N) is 2. The first kappa shape index (κ1) is 24.8. The summed E-state index contributed by atoms with van der Waals surface area (Å²) in [6.07, 6.45) is 9.30. The van der Waals surface area contributed by atoms with Crippen molar-refractivity contribution in [2.24, 2.45) is 0 Å². The molecule has 2 fully saturated rings. The molecular formula is C28H34N2O5. The first-order valence-corrected chi connectivity index (χ1v) is 12.4. The van der Waals surface area contributed by atoms with Gasteiger partial charge in [-0.05, 0) is 82.9 Å². The molecule has 4 rings (SSSR count). The monoisotopic (exact) mass is 478 g/mol. The third kappa shape index (κ3) is 5.87. The molecule has 35 heavy (non-hydrogen) atoms. The molecule has 1 aromatic heterocycles. The highest BCUT2D eigenvalue weighted by atomic mass is 16.6. The van der Waals surface area contributed by atoms with Crippen molar-refractivity contribution in [3.8, 4) is 23.3 Å². The summed E-state index contributed by atoms with van der Waals surface area (Å²) in [6.45, 7) is 5.45. The highest BCUT2D eigenvalue weighted by molar-refractivity contribution is 5.80. The molecule has 0 saturated heterocycles. The Kier molecular flexibility index (Phi) is 7.20. The molecule has 0 radical (unpaired) electrons. The number of ether oxygens (including phenoxy) is 3. The Hall–Kier alpha value is -3.27. The molecule has 2 aliphatic rings. The van der Waals surface area contributed by atoms with E-state index in [4.69, 9.17) is 14.2 Å². The van der Waals surface area contributed by atoms with Gasteiger partial charge in [0.2, 0.25) is 0 Å². The van der Waals surface area contributed by atoms with Crippen molar-refractivity contribution in [3.63, 3.8) is 0 Å². The van der Waals surface area contributed by atoms with E-state index in [0.29, 0.717) is 43.0 Å². The molecule has 0 atom stereocenters. The molecule has 7 heteroatoms. The number of aromatic nitrogens is 2. The number of hydrogen-bond acceptors (Lipinski definition) is 6. The third-order valence-electron chi connectivity index (χ3n) is 6.62. The van der Waals surface area contributed by atoms with Gasteiger partial charge in [-0.25, -0.2) is 14.3 Å². The third-order valence-corrected chi connectivity index (χ3v) is 6.62. The molecule has 1 heterocycles. The average Bonchev–Trinajstić information content (AvgIpc) is 3.50. The minimum absolute atomic E-state index is 0.190. The van der Waals surface area contributed by atoms with Crippen molar-refractivity contribution in [2.75, 3.05) is 7.11 Å². The maximum absolute atomic E-state index is 12.6. The number of Topliss-reactive ketones (excluding diaryl/α,β-unsaturated/α-hetero) is 1. The van der Waals surface area contributed by atoms with Gasteiger partial charge in [0.05, 0.1) is 18.6 Å². The van der Waals surface area contributed by atoms with Gasteiger partial charge in [0.15, 0.2) is 17.3 Å². The Balaban J connectivity index is 1.69. The second-order valence-corrected chi connectivity index (χ2v) is 10.4. The molecule has 2 aromatic rings. The predicted molar refractivity (Wildman–Crippen MR) is 132 cm³/mol. The van der Waals surface area contributed by atoms with E-state index in [9.17, 15) is 9.59 Å². The number of imidazole rings is 1. The molecule has 7 nitrogen and oxygen atoms in total. The normalized spacial score (nSPS) is 18.0. The molecule has 0 bridgehead atoms. The van der Waals surface area contributed by atoms with Gasteiger partial charge in [0.1, 0.15) is 11.4 Å². The van der Waals surface area contributed by atoms with Crippen molar-refractivity contribution in [1.82, 2.24) is 9.55 Å². The molecule has 0 aliphatic heterocycles. The minimum Gasteiger partial charge on any atom is -0.493 e. The van der Waals surface area contributed by atoms with Gasteiger partial charge in [0, 0.05) is 25.2 Å². The Bertz CT molecular complexity index is 1130. The van der Waals surface area contributed by atoms with Crippen LogP contribution in [-0.4, -0.2) is 40.2 Å². The topological polar surface area (TPSA) is 79.7 Å². The van der Waals surface area contributed by atoms with Crippen LogP contribution in [0.1, 0.15) is 83.5 Å². The number of hydrogen-bond donors (Lipinski definition) is 0. The SMILES string of the molecule is COc1ccc(C2(C#Cc3nccn3C(=O)OC(C)(C)C)CCC(=O)CC2)cc1OC1CCCC1. The van der Waals surface area contributed by atoms with Crippen LogP contribution in [0.2, 0.25) is 0 Å². The van der Waals surface area contributed by atoms with E-state index in [1.165, 1.54) is 23.6 Å². The van der Waals surface area contributed by atoms with Crippen molar-refractivity contribution >= 4 is 11.9 Å². The van der Waals surface area contributed by atoms with Crippen LogP contribution in [0.25, 0.3) is 0 Å². The summed E-state index contributed by atoms with van der Waals surface area (Å²) in [6, 6.07) is 5.94. The summed E-state index contributed by atoms with van der Waals surface area (Å²) in [7, 11) is 1.64. The van der Waals surface area contributed by atoms with E-state index in [0.717, 1.165) is 18.4 Å². The Morgan fingerprint density at radius 2 is 1.86 bits per heavy atom. The van der Waals surface area contributed by atoms with E-state index in [1.54, 1.807) is 13.3 Å². The van der Waals surface area contributed by atoms with Gasteiger partial charge < -0.3 is 14.2 Å². The lowest BCUT2D eigenvalue weighted by molar-refractivity contribution is -0.120. The van der Waals surface area contributed by atoms with E-state index in [1.807, 2.05) is 39.0 Å². The van der Waals surface area contributed by atoms with Gasteiger partial charge in [0.25, 0.3) is 0 Å². The molecule has 2 aliphatic carbocycles. The summed E-state index contributed by atoms with van der Waals surface area (Å²) >= 11 is 0. The quantitative estimate of drug-likeness (QED) is 0.545. The summed E-state index contributed by atoms with van der Waals surface area (Å²) < 4.78 is 18.7. The highest BCUT2D eigenvalue weighted by Gasteiger charge is 2.36. The summed E-state index contributed by atoms with van der Waals surface area (Å²) in [5.74, 6) is 8.48. The smallest absolute Gasteiger partial charge is 0.420 e. The Labute approximate surface area is 207 Å². The lowest BCUT2D eigenvalue weighted by atomic mass is 9.69. The van der Waals surface area contributed by atoms with Crippen molar-refractivity contribution < 1.29 is 23.8 Å². The average molecular weight is 479 g/mol. The second kappa shape index (κ2) is 10.2. The lowest BCUT2D eigenvalue weighted by Gasteiger charge is -2.33. The molecule has 2 saturated carbocycles. The Morgan fingerprint density at radius 1 is 1.14 bits per heavy atom. The van der Waals surface area contributed by atoms with Gasteiger partial charge in [-0.3, -0.25) is 4.79 Å². The van der Waals surface area contributed by atoms with Crippen LogP contribution in [0, 0.1) is 11.8 Å². The number of ketones is 1. The zero-order valence-electron chi connectivity index (χ0n) is 21.1. The molecule has 0 N–H and O–H groups in total. The highest BCUT2D eigenvalue weighted by Crippen LogP contribution is 2.42. The summed E-state index contributed by atoms with van der Waals surface area (Å²) in [5.41, 5.74) is -0.198. The van der Waals surface area contributed by atoms with E-state index >= 15 is 0 Å². The lowest BCUT2D eigenvalue weighted by Crippen LogP contribution is -2.31. The number of carbonyl (C=O) groups excluding carboxylic acids is 2. The predicted octanol–water partition coefficient (Wildman–Crippen LogP) is 5.43. The molecule has 1 aromatic carbocycles.